The number of rotatable bonds is 9. The van der Waals surface area contributed by atoms with Gasteiger partial charge in [0, 0.05) is 12.1 Å². The van der Waals surface area contributed by atoms with Gasteiger partial charge in [0.25, 0.3) is 11.5 Å². The number of amides is 1. The fourth-order valence-corrected chi connectivity index (χ4v) is 3.26. The van der Waals surface area contributed by atoms with E-state index in [0.29, 0.717) is 10.8 Å². The summed E-state index contributed by atoms with van der Waals surface area (Å²) in [5.74, 6) is -0.261. The van der Waals surface area contributed by atoms with E-state index in [1.54, 1.807) is 24.3 Å². The fourth-order valence-electron chi connectivity index (χ4n) is 3.08. The Balaban J connectivity index is 1.98. The van der Waals surface area contributed by atoms with E-state index in [-0.39, 0.29) is 37.8 Å². The van der Waals surface area contributed by atoms with Gasteiger partial charge in [-0.05, 0) is 23.8 Å². The quantitative estimate of drug-likeness (QED) is 0.506. The van der Waals surface area contributed by atoms with Crippen LogP contribution in [0.4, 0.5) is 11.5 Å². The molecule has 1 amide bonds. The van der Waals surface area contributed by atoms with Crippen LogP contribution in [0.5, 0.6) is 5.75 Å². The van der Waals surface area contributed by atoms with E-state index >= 15 is 0 Å². The number of benzene rings is 2. The normalized spacial score (nSPS) is 10.7. The van der Waals surface area contributed by atoms with E-state index in [1.165, 1.54) is 12.0 Å². The molecule has 32 heavy (non-hydrogen) atoms. The summed E-state index contributed by atoms with van der Waals surface area (Å²) in [4.78, 5) is 41.6. The number of halogens is 1. The second-order valence-corrected chi connectivity index (χ2v) is 7.29. The van der Waals surface area contributed by atoms with Gasteiger partial charge in [-0.2, -0.15) is 0 Å². The third-order valence-corrected chi connectivity index (χ3v) is 4.88. The van der Waals surface area contributed by atoms with Crippen LogP contribution in [0.15, 0.2) is 64.2 Å². The van der Waals surface area contributed by atoms with Crippen molar-refractivity contribution in [2.24, 2.45) is 0 Å². The van der Waals surface area contributed by atoms with E-state index < -0.39 is 17.2 Å². The lowest BCUT2D eigenvalue weighted by Crippen LogP contribution is -2.42. The molecule has 0 saturated carbocycles. The molecule has 0 aliphatic heterocycles. The van der Waals surface area contributed by atoms with Crippen LogP contribution in [0.1, 0.15) is 5.56 Å². The summed E-state index contributed by atoms with van der Waals surface area (Å²) < 4.78 is 11.7. The summed E-state index contributed by atoms with van der Waals surface area (Å²) in [6.45, 7) is -0.0188. The molecular weight excluding hydrogens is 436 g/mol. The van der Waals surface area contributed by atoms with Gasteiger partial charge in [0.2, 0.25) is 0 Å². The molecule has 10 heteroatoms. The number of anilines is 2. The molecule has 0 spiro atoms. The first-order valence-electron chi connectivity index (χ1n) is 9.75. The van der Waals surface area contributed by atoms with Crippen molar-refractivity contribution in [2.45, 2.75) is 13.1 Å². The van der Waals surface area contributed by atoms with E-state index in [9.17, 15) is 14.4 Å². The molecule has 3 aromatic rings. The molecule has 168 valence electrons. The molecule has 0 saturated heterocycles. The average molecular weight is 459 g/mol. The largest absolute Gasteiger partial charge is 0.484 e. The fraction of sp³-hybridized carbons (Fsp3) is 0.227. The van der Waals surface area contributed by atoms with Crippen LogP contribution in [0.3, 0.4) is 0 Å². The van der Waals surface area contributed by atoms with Gasteiger partial charge in [-0.25, -0.2) is 4.79 Å². The zero-order valence-electron chi connectivity index (χ0n) is 17.4. The van der Waals surface area contributed by atoms with Gasteiger partial charge in [0.15, 0.2) is 12.3 Å². The lowest BCUT2D eigenvalue weighted by molar-refractivity contribution is -0.120. The number of H-pyrrole nitrogens is 1. The van der Waals surface area contributed by atoms with Crippen molar-refractivity contribution in [1.82, 2.24) is 9.55 Å². The Morgan fingerprint density at radius 2 is 1.91 bits per heavy atom. The summed E-state index contributed by atoms with van der Waals surface area (Å²) in [5.41, 5.74) is 5.35. The second-order valence-electron chi connectivity index (χ2n) is 6.85. The Kier molecular flexibility index (Phi) is 7.69. The van der Waals surface area contributed by atoms with Gasteiger partial charge in [-0.3, -0.25) is 24.0 Å². The maximum Gasteiger partial charge on any atom is 0.330 e. The second kappa shape index (κ2) is 10.7. The first kappa shape index (κ1) is 23.1. The third-order valence-electron chi connectivity index (χ3n) is 4.65. The molecule has 3 rings (SSSR count). The number of carbonyl (C=O) groups excluding carboxylic acids is 1. The average Bonchev–Trinajstić information content (AvgIpc) is 2.77. The minimum absolute atomic E-state index is 0.0499. The number of nitrogens with one attached hydrogen (secondary N) is 1. The summed E-state index contributed by atoms with van der Waals surface area (Å²) in [5, 5.41) is 0.460. The summed E-state index contributed by atoms with van der Waals surface area (Å²) >= 11 is 5.96. The van der Waals surface area contributed by atoms with E-state index in [0.717, 1.165) is 10.1 Å². The molecule has 0 aliphatic carbocycles. The lowest BCUT2D eigenvalue weighted by atomic mass is 10.2. The molecule has 0 bridgehead atoms. The van der Waals surface area contributed by atoms with E-state index in [1.807, 2.05) is 30.3 Å². The monoisotopic (exact) mass is 458 g/mol. The van der Waals surface area contributed by atoms with Gasteiger partial charge < -0.3 is 15.2 Å². The topological polar surface area (TPSA) is 120 Å². The van der Waals surface area contributed by atoms with Crippen LogP contribution < -0.4 is 26.6 Å². The first-order valence-corrected chi connectivity index (χ1v) is 10.1. The Morgan fingerprint density at radius 3 is 2.59 bits per heavy atom. The maximum atomic E-state index is 13.2. The molecular formula is C22H23ClN4O5. The molecule has 9 nitrogen and oxygen atoms in total. The first-order chi connectivity index (χ1) is 15.4. The van der Waals surface area contributed by atoms with Gasteiger partial charge in [0.1, 0.15) is 11.6 Å². The van der Waals surface area contributed by atoms with Crippen molar-refractivity contribution < 1.29 is 14.3 Å². The van der Waals surface area contributed by atoms with Crippen molar-refractivity contribution >= 4 is 29.0 Å². The van der Waals surface area contributed by atoms with Crippen molar-refractivity contribution in [3.8, 4) is 5.75 Å². The van der Waals surface area contributed by atoms with Crippen LogP contribution in [-0.4, -0.2) is 35.8 Å². The summed E-state index contributed by atoms with van der Waals surface area (Å²) in [6.07, 6.45) is 0. The Labute approximate surface area is 188 Å². The van der Waals surface area contributed by atoms with E-state index in [4.69, 9.17) is 26.8 Å². The number of hydrogen-bond acceptors (Lipinski definition) is 6. The van der Waals surface area contributed by atoms with Gasteiger partial charge in [-0.15, -0.1) is 0 Å². The Hall–Kier alpha value is -3.56. The molecule has 2 aromatic carbocycles. The standard InChI is InChI=1S/C22H23ClN4O5/c1-31-11-10-26-20(24)19(21(29)25-22(26)30)27(13-15-6-3-2-4-7-15)18(28)14-32-17-9-5-8-16(23)12-17/h2-9,12H,10-11,13-14,24H2,1H3,(H,25,29,30). The summed E-state index contributed by atoms with van der Waals surface area (Å²) in [6, 6.07) is 15.7. The highest BCUT2D eigenvalue weighted by Gasteiger charge is 2.25. The highest BCUT2D eigenvalue weighted by Crippen LogP contribution is 2.21. The van der Waals surface area contributed by atoms with Crippen molar-refractivity contribution in [1.29, 1.82) is 0 Å². The van der Waals surface area contributed by atoms with Crippen LogP contribution in [-0.2, 0) is 22.6 Å². The number of hydrogen-bond donors (Lipinski definition) is 2. The van der Waals surface area contributed by atoms with E-state index in [2.05, 4.69) is 4.98 Å². The predicted molar refractivity (Wildman–Crippen MR) is 122 cm³/mol. The number of aromatic amines is 1. The number of aromatic nitrogens is 2. The zero-order valence-corrected chi connectivity index (χ0v) is 18.2. The van der Waals surface area contributed by atoms with Crippen molar-refractivity contribution in [2.75, 3.05) is 31.0 Å². The van der Waals surface area contributed by atoms with Gasteiger partial charge in [-0.1, -0.05) is 48.0 Å². The molecule has 0 fully saturated rings. The molecule has 1 aromatic heterocycles. The van der Waals surface area contributed by atoms with Crippen LogP contribution in [0.2, 0.25) is 5.02 Å². The molecule has 1 heterocycles. The third kappa shape index (κ3) is 5.57. The highest BCUT2D eigenvalue weighted by molar-refractivity contribution is 6.30. The molecule has 0 unspecified atom stereocenters. The van der Waals surface area contributed by atoms with Crippen LogP contribution in [0.25, 0.3) is 0 Å². The Morgan fingerprint density at radius 1 is 1.16 bits per heavy atom. The molecule has 0 atom stereocenters. The Bertz CT molecular complexity index is 1190. The lowest BCUT2D eigenvalue weighted by Gasteiger charge is -2.24. The SMILES string of the molecule is COCCn1c(N)c(N(Cc2ccccc2)C(=O)COc2cccc(Cl)c2)c(=O)[nH]c1=O. The van der Waals surface area contributed by atoms with Crippen LogP contribution in [0, 0.1) is 0 Å². The number of nitrogens with two attached hydrogens (primary N) is 1. The number of nitrogens with zero attached hydrogens (tertiary/aromatic N) is 2. The molecule has 3 N–H and O–H groups in total. The maximum absolute atomic E-state index is 13.2. The summed E-state index contributed by atoms with van der Waals surface area (Å²) in [7, 11) is 1.48. The zero-order chi connectivity index (χ0) is 23.1. The van der Waals surface area contributed by atoms with Crippen molar-refractivity contribution in [3.05, 3.63) is 86.0 Å². The van der Waals surface area contributed by atoms with Gasteiger partial charge in [0.05, 0.1) is 19.7 Å². The van der Waals surface area contributed by atoms with Crippen molar-refractivity contribution in [3.63, 3.8) is 0 Å². The minimum Gasteiger partial charge on any atom is -0.484 e. The number of methoxy groups -OCH3 is 1. The number of carbonyl (C=O) groups is 1. The predicted octanol–water partition coefficient (Wildman–Crippen LogP) is 2.03. The minimum atomic E-state index is -0.770. The molecule has 0 radical (unpaired) electrons. The number of nitrogen functional groups attached to an aromatic ring is 1. The molecule has 0 aliphatic rings. The smallest absolute Gasteiger partial charge is 0.330 e. The number of ether oxygens (including phenoxy) is 2. The van der Waals surface area contributed by atoms with Crippen LogP contribution >= 0.6 is 11.6 Å². The highest BCUT2D eigenvalue weighted by atomic mass is 35.5. The van der Waals surface area contributed by atoms with Gasteiger partial charge >= 0.3 is 5.69 Å².